The van der Waals surface area contributed by atoms with Crippen LogP contribution in [0.4, 0.5) is 5.82 Å². The first kappa shape index (κ1) is 12.5. The van der Waals surface area contributed by atoms with E-state index in [-0.39, 0.29) is 0 Å². The first-order chi connectivity index (χ1) is 8.72. The Bertz CT molecular complexity index is 508. The summed E-state index contributed by atoms with van der Waals surface area (Å²) in [5.41, 5.74) is 3.42. The monoisotopic (exact) mass is 242 g/mol. The predicted octanol–water partition coefficient (Wildman–Crippen LogP) is 2.63. The number of hydrogen-bond acceptors (Lipinski definition) is 4. The van der Waals surface area contributed by atoms with Crippen molar-refractivity contribution in [1.82, 2.24) is 15.0 Å². The van der Waals surface area contributed by atoms with Crippen molar-refractivity contribution in [2.45, 2.75) is 26.2 Å². The maximum atomic E-state index is 4.42. The molecule has 4 nitrogen and oxygen atoms in total. The number of nitrogens with zero attached hydrogens (tertiary/aromatic N) is 3. The maximum absolute atomic E-state index is 4.42. The Morgan fingerprint density at radius 2 is 2.11 bits per heavy atom. The zero-order valence-corrected chi connectivity index (χ0v) is 11.0. The number of anilines is 1. The van der Waals surface area contributed by atoms with E-state index in [1.165, 1.54) is 11.1 Å². The molecule has 0 aromatic carbocycles. The van der Waals surface area contributed by atoms with Crippen LogP contribution in [0.2, 0.25) is 0 Å². The summed E-state index contributed by atoms with van der Waals surface area (Å²) in [7, 11) is 1.89. The SMILES string of the molecule is CNc1ncnc(Cc2cccnc2)c1C(C)C. The minimum atomic E-state index is 0.389. The first-order valence-corrected chi connectivity index (χ1v) is 6.12. The highest BCUT2D eigenvalue weighted by molar-refractivity contribution is 5.48. The summed E-state index contributed by atoms with van der Waals surface area (Å²) in [6, 6.07) is 4.02. The average molecular weight is 242 g/mol. The molecular weight excluding hydrogens is 224 g/mol. The molecule has 94 valence electrons. The summed E-state index contributed by atoms with van der Waals surface area (Å²) in [5, 5.41) is 3.14. The Morgan fingerprint density at radius 3 is 2.72 bits per heavy atom. The highest BCUT2D eigenvalue weighted by Crippen LogP contribution is 2.25. The molecule has 0 bridgehead atoms. The van der Waals surface area contributed by atoms with Crippen molar-refractivity contribution in [1.29, 1.82) is 0 Å². The van der Waals surface area contributed by atoms with E-state index < -0.39 is 0 Å². The smallest absolute Gasteiger partial charge is 0.132 e. The summed E-state index contributed by atoms with van der Waals surface area (Å²) in [6.07, 6.45) is 6.07. The Hall–Kier alpha value is -1.97. The number of rotatable bonds is 4. The van der Waals surface area contributed by atoms with Gasteiger partial charge >= 0.3 is 0 Å². The highest BCUT2D eigenvalue weighted by Gasteiger charge is 2.14. The van der Waals surface area contributed by atoms with Crippen molar-refractivity contribution in [2.75, 3.05) is 12.4 Å². The van der Waals surface area contributed by atoms with E-state index in [4.69, 9.17) is 0 Å². The summed E-state index contributed by atoms with van der Waals surface area (Å²) in [5.74, 6) is 1.30. The topological polar surface area (TPSA) is 50.7 Å². The van der Waals surface area contributed by atoms with Gasteiger partial charge in [-0.25, -0.2) is 9.97 Å². The van der Waals surface area contributed by atoms with Crippen LogP contribution >= 0.6 is 0 Å². The Balaban J connectivity index is 2.38. The molecule has 0 aliphatic rings. The Kier molecular flexibility index (Phi) is 3.87. The number of hydrogen-bond donors (Lipinski definition) is 1. The third kappa shape index (κ3) is 2.64. The maximum Gasteiger partial charge on any atom is 0.132 e. The molecule has 0 radical (unpaired) electrons. The molecule has 2 heterocycles. The largest absolute Gasteiger partial charge is 0.373 e. The first-order valence-electron chi connectivity index (χ1n) is 6.12. The molecule has 0 atom stereocenters. The fourth-order valence-corrected chi connectivity index (χ4v) is 2.07. The second kappa shape index (κ2) is 5.58. The van der Waals surface area contributed by atoms with Crippen LogP contribution in [0.1, 0.15) is 36.6 Å². The van der Waals surface area contributed by atoms with Gasteiger partial charge in [-0.1, -0.05) is 19.9 Å². The molecule has 0 aliphatic heterocycles. The van der Waals surface area contributed by atoms with Crippen LogP contribution in [-0.4, -0.2) is 22.0 Å². The van der Waals surface area contributed by atoms with Crippen LogP contribution in [0.5, 0.6) is 0 Å². The van der Waals surface area contributed by atoms with E-state index in [2.05, 4.69) is 40.2 Å². The molecule has 2 rings (SSSR count). The van der Waals surface area contributed by atoms with Crippen LogP contribution in [-0.2, 0) is 6.42 Å². The van der Waals surface area contributed by atoms with Gasteiger partial charge in [0.15, 0.2) is 0 Å². The van der Waals surface area contributed by atoms with Crippen LogP contribution in [0.25, 0.3) is 0 Å². The zero-order valence-electron chi connectivity index (χ0n) is 11.0. The van der Waals surface area contributed by atoms with E-state index in [9.17, 15) is 0 Å². The molecule has 4 heteroatoms. The summed E-state index contributed by atoms with van der Waals surface area (Å²) < 4.78 is 0. The van der Waals surface area contributed by atoms with E-state index in [0.717, 1.165) is 17.9 Å². The average Bonchev–Trinajstić information content (AvgIpc) is 2.39. The predicted molar refractivity (Wildman–Crippen MR) is 72.7 cm³/mol. The van der Waals surface area contributed by atoms with Crippen molar-refractivity contribution in [3.05, 3.63) is 47.7 Å². The zero-order chi connectivity index (χ0) is 13.0. The lowest BCUT2D eigenvalue weighted by Crippen LogP contribution is -2.07. The van der Waals surface area contributed by atoms with E-state index in [0.29, 0.717) is 5.92 Å². The van der Waals surface area contributed by atoms with E-state index >= 15 is 0 Å². The van der Waals surface area contributed by atoms with Crippen molar-refractivity contribution in [3.63, 3.8) is 0 Å². The lowest BCUT2D eigenvalue weighted by atomic mass is 9.98. The van der Waals surface area contributed by atoms with Gasteiger partial charge in [-0.05, 0) is 17.5 Å². The molecular formula is C14H18N4. The van der Waals surface area contributed by atoms with Crippen LogP contribution in [0.15, 0.2) is 30.9 Å². The second-order valence-corrected chi connectivity index (χ2v) is 4.53. The molecule has 18 heavy (non-hydrogen) atoms. The van der Waals surface area contributed by atoms with Crippen LogP contribution < -0.4 is 5.32 Å². The lowest BCUT2D eigenvalue weighted by Gasteiger charge is -2.15. The minimum Gasteiger partial charge on any atom is -0.373 e. The molecule has 0 amide bonds. The molecule has 2 aromatic rings. The molecule has 0 aliphatic carbocycles. The van der Waals surface area contributed by atoms with Gasteiger partial charge in [0, 0.05) is 31.4 Å². The van der Waals surface area contributed by atoms with E-state index in [1.807, 2.05) is 19.3 Å². The van der Waals surface area contributed by atoms with Gasteiger partial charge in [-0.3, -0.25) is 4.98 Å². The fraction of sp³-hybridized carbons (Fsp3) is 0.357. The number of aromatic nitrogens is 3. The molecule has 0 spiro atoms. The third-order valence-corrected chi connectivity index (χ3v) is 2.87. The van der Waals surface area contributed by atoms with Gasteiger partial charge in [-0.15, -0.1) is 0 Å². The summed E-state index contributed by atoms with van der Waals surface area (Å²) >= 11 is 0. The second-order valence-electron chi connectivity index (χ2n) is 4.53. The van der Waals surface area contributed by atoms with Gasteiger partial charge in [0.2, 0.25) is 0 Å². The molecule has 0 saturated heterocycles. The third-order valence-electron chi connectivity index (χ3n) is 2.87. The van der Waals surface area contributed by atoms with Gasteiger partial charge in [0.05, 0.1) is 5.69 Å². The standard InChI is InChI=1S/C14H18N4/c1-10(2)13-12(17-9-18-14(13)15-3)7-11-5-4-6-16-8-11/h4-6,8-10H,7H2,1-3H3,(H,15,17,18). The summed E-state index contributed by atoms with van der Waals surface area (Å²) in [4.78, 5) is 12.8. The van der Waals surface area contributed by atoms with Gasteiger partial charge < -0.3 is 5.32 Å². The van der Waals surface area contributed by atoms with Crippen LogP contribution in [0.3, 0.4) is 0 Å². The normalized spacial score (nSPS) is 10.7. The Labute approximate surface area is 108 Å². The van der Waals surface area contributed by atoms with E-state index in [1.54, 1.807) is 12.5 Å². The highest BCUT2D eigenvalue weighted by atomic mass is 15.0. The number of nitrogens with one attached hydrogen (secondary N) is 1. The van der Waals surface area contributed by atoms with Gasteiger partial charge in [0.1, 0.15) is 12.1 Å². The fourth-order valence-electron chi connectivity index (χ4n) is 2.07. The number of pyridine rings is 1. The molecule has 2 aromatic heterocycles. The molecule has 0 saturated carbocycles. The minimum absolute atomic E-state index is 0.389. The molecule has 1 N–H and O–H groups in total. The van der Waals surface area contributed by atoms with Crippen LogP contribution in [0, 0.1) is 0 Å². The van der Waals surface area contributed by atoms with Crippen molar-refractivity contribution >= 4 is 5.82 Å². The van der Waals surface area contributed by atoms with Gasteiger partial charge in [-0.2, -0.15) is 0 Å². The van der Waals surface area contributed by atoms with Crippen molar-refractivity contribution < 1.29 is 0 Å². The lowest BCUT2D eigenvalue weighted by molar-refractivity contribution is 0.818. The summed E-state index contributed by atoms with van der Waals surface area (Å²) in [6.45, 7) is 4.32. The van der Waals surface area contributed by atoms with Crippen molar-refractivity contribution in [2.24, 2.45) is 0 Å². The van der Waals surface area contributed by atoms with Gasteiger partial charge in [0.25, 0.3) is 0 Å². The quantitative estimate of drug-likeness (QED) is 0.895. The molecule has 0 fully saturated rings. The molecule has 0 unspecified atom stereocenters. The van der Waals surface area contributed by atoms with Crippen molar-refractivity contribution in [3.8, 4) is 0 Å². The Morgan fingerprint density at radius 1 is 1.28 bits per heavy atom.